The van der Waals surface area contributed by atoms with E-state index in [-0.39, 0.29) is 23.8 Å². The average Bonchev–Trinajstić information content (AvgIpc) is 3.60. The summed E-state index contributed by atoms with van der Waals surface area (Å²) >= 11 is 1.46. The van der Waals surface area contributed by atoms with Crippen molar-refractivity contribution < 1.29 is 9.53 Å². The number of allylic oxidation sites excluding steroid dienone is 1. The number of carbonyl (C=O) groups is 1. The van der Waals surface area contributed by atoms with Gasteiger partial charge in [0, 0.05) is 36.9 Å². The third kappa shape index (κ3) is 5.10. The first kappa shape index (κ1) is 25.4. The number of nitriles is 1. The highest BCUT2D eigenvalue weighted by atomic mass is 32.1. The van der Waals surface area contributed by atoms with Crippen LogP contribution in [0.5, 0.6) is 0 Å². The summed E-state index contributed by atoms with van der Waals surface area (Å²) in [7, 11) is 0. The van der Waals surface area contributed by atoms with Gasteiger partial charge in [-0.25, -0.2) is 4.79 Å². The zero-order valence-electron chi connectivity index (χ0n) is 21.4. The fraction of sp³-hybridized carbons (Fsp3) is 0.385. The van der Waals surface area contributed by atoms with Crippen molar-refractivity contribution in [3.05, 3.63) is 35.7 Å². The molecule has 12 heteroatoms. The van der Waals surface area contributed by atoms with E-state index in [1.807, 2.05) is 43.9 Å². The Hall–Kier alpha value is -4.24. The van der Waals surface area contributed by atoms with Gasteiger partial charge in [0.05, 0.1) is 34.6 Å². The Kier molecular flexibility index (Phi) is 6.62. The van der Waals surface area contributed by atoms with Crippen LogP contribution in [0.25, 0.3) is 28.0 Å². The summed E-state index contributed by atoms with van der Waals surface area (Å²) in [6.45, 7) is 7.03. The number of aromatic amines is 1. The first-order valence-corrected chi connectivity index (χ1v) is 13.1. The van der Waals surface area contributed by atoms with Gasteiger partial charge in [0.2, 0.25) is 5.13 Å². The number of ether oxygens (including phenoxy) is 1. The van der Waals surface area contributed by atoms with E-state index in [2.05, 4.69) is 25.1 Å². The summed E-state index contributed by atoms with van der Waals surface area (Å²) in [6, 6.07) is 7.57. The molecule has 2 bridgehead atoms. The van der Waals surface area contributed by atoms with Crippen LogP contribution >= 0.6 is 11.3 Å². The van der Waals surface area contributed by atoms with Crippen molar-refractivity contribution in [3.63, 3.8) is 0 Å². The molecule has 0 aromatic carbocycles. The molecule has 0 spiro atoms. The van der Waals surface area contributed by atoms with Crippen molar-refractivity contribution in [1.82, 2.24) is 25.1 Å². The van der Waals surface area contributed by atoms with Crippen molar-refractivity contribution >= 4 is 40.5 Å². The summed E-state index contributed by atoms with van der Waals surface area (Å²) in [4.78, 5) is 24.6. The number of fused-ring (bicyclic) bond motifs is 2. The molecule has 3 aromatic rings. The van der Waals surface area contributed by atoms with Crippen molar-refractivity contribution in [2.24, 2.45) is 0 Å². The van der Waals surface area contributed by atoms with Crippen LogP contribution < -0.4 is 10.6 Å². The zero-order chi connectivity index (χ0) is 27.0. The normalized spacial score (nSPS) is 19.4. The molecule has 2 unspecified atom stereocenters. The lowest BCUT2D eigenvalue weighted by Gasteiger charge is -2.41. The SMILES string of the molecule is CC(C)(C)OC(=O)N1C2CCC1CN(c1nnc(-c3cnc(-c4ccc(/C=C(/C#N)C=N)[nH]4)cc3N)s1)C2. The predicted octanol–water partition coefficient (Wildman–Crippen LogP) is 4.32. The monoisotopic (exact) mass is 531 g/mol. The maximum Gasteiger partial charge on any atom is 0.410 e. The van der Waals surface area contributed by atoms with Crippen LogP contribution in [0.2, 0.25) is 0 Å². The van der Waals surface area contributed by atoms with Crippen LogP contribution in [0.15, 0.2) is 30.0 Å². The van der Waals surface area contributed by atoms with E-state index in [1.54, 1.807) is 18.3 Å². The quantitative estimate of drug-likeness (QED) is 0.324. The standard InChI is InChI=1S/C26H29N9O2S/c1-26(2,3)37-25(36)35-17-5-6-18(35)14-34(13-17)24-33-32-23(38-24)19-12-30-22(9-20(19)29)21-7-4-16(31-21)8-15(10-27)11-28/h4,7-10,12,17-18,27,31H,5-6,13-14H2,1-3H3,(H2,29,30)/b15-8+,27-10?. The molecule has 0 saturated carbocycles. The summed E-state index contributed by atoms with van der Waals surface area (Å²) in [6.07, 6.45) is 5.93. The Balaban J connectivity index is 1.30. The first-order chi connectivity index (χ1) is 18.1. The van der Waals surface area contributed by atoms with Crippen molar-refractivity contribution in [3.8, 4) is 28.0 Å². The van der Waals surface area contributed by atoms with Crippen LogP contribution in [0, 0.1) is 16.7 Å². The van der Waals surface area contributed by atoms with Crippen molar-refractivity contribution in [2.75, 3.05) is 23.7 Å². The fourth-order valence-corrected chi connectivity index (χ4v) is 5.74. The number of nitrogen functional groups attached to an aromatic ring is 1. The molecule has 0 aliphatic carbocycles. The van der Waals surface area contributed by atoms with Gasteiger partial charge in [-0.1, -0.05) is 11.3 Å². The van der Waals surface area contributed by atoms with Gasteiger partial charge >= 0.3 is 6.09 Å². The van der Waals surface area contributed by atoms with Crippen LogP contribution in [0.1, 0.15) is 39.3 Å². The molecule has 5 heterocycles. The zero-order valence-corrected chi connectivity index (χ0v) is 22.2. The second-order valence-electron chi connectivity index (χ2n) is 10.4. The number of piperazine rings is 1. The van der Waals surface area contributed by atoms with E-state index in [9.17, 15) is 4.79 Å². The number of nitrogens with two attached hydrogens (primary N) is 1. The van der Waals surface area contributed by atoms with Gasteiger partial charge in [0.15, 0.2) is 5.01 Å². The van der Waals surface area contributed by atoms with Crippen LogP contribution in [-0.4, -0.2) is 68.1 Å². The maximum atomic E-state index is 12.8. The molecule has 2 aliphatic heterocycles. The number of anilines is 2. The smallest absolute Gasteiger partial charge is 0.410 e. The van der Waals surface area contributed by atoms with E-state index < -0.39 is 5.60 Å². The van der Waals surface area contributed by atoms with Crippen LogP contribution in [0.3, 0.4) is 0 Å². The van der Waals surface area contributed by atoms with Gasteiger partial charge in [0.25, 0.3) is 0 Å². The van der Waals surface area contributed by atoms with Gasteiger partial charge < -0.3 is 25.8 Å². The number of hydrogen-bond acceptors (Lipinski definition) is 10. The van der Waals surface area contributed by atoms with Gasteiger partial charge in [0.1, 0.15) is 11.7 Å². The number of nitrogens with zero attached hydrogens (tertiary/aromatic N) is 6. The minimum Gasteiger partial charge on any atom is -0.444 e. The second kappa shape index (κ2) is 9.90. The molecule has 2 aliphatic rings. The summed E-state index contributed by atoms with van der Waals surface area (Å²) < 4.78 is 5.64. The molecule has 38 heavy (non-hydrogen) atoms. The number of amides is 1. The highest BCUT2D eigenvalue weighted by Crippen LogP contribution is 2.38. The number of pyridine rings is 1. The molecule has 0 radical (unpaired) electrons. The molecular weight excluding hydrogens is 502 g/mol. The predicted molar refractivity (Wildman–Crippen MR) is 147 cm³/mol. The summed E-state index contributed by atoms with van der Waals surface area (Å²) in [5.74, 6) is 0. The van der Waals surface area contributed by atoms with E-state index in [1.165, 1.54) is 11.3 Å². The van der Waals surface area contributed by atoms with Crippen LogP contribution in [-0.2, 0) is 4.74 Å². The maximum absolute atomic E-state index is 12.8. The topological polar surface area (TPSA) is 161 Å². The van der Waals surface area contributed by atoms with E-state index in [4.69, 9.17) is 21.1 Å². The summed E-state index contributed by atoms with van der Waals surface area (Å²) in [5.41, 5.74) is 9.43. The molecule has 2 atom stereocenters. The average molecular weight is 532 g/mol. The second-order valence-corrected chi connectivity index (χ2v) is 11.4. The number of hydrogen-bond donors (Lipinski definition) is 3. The number of carbonyl (C=O) groups excluding carboxylic acids is 1. The lowest BCUT2D eigenvalue weighted by atomic mass is 10.2. The third-order valence-corrected chi connectivity index (χ3v) is 7.54. The highest BCUT2D eigenvalue weighted by Gasteiger charge is 2.45. The molecule has 1 amide bonds. The van der Waals surface area contributed by atoms with E-state index in [0.29, 0.717) is 40.7 Å². The van der Waals surface area contributed by atoms with Gasteiger partial charge in [-0.2, -0.15) is 5.26 Å². The number of aromatic nitrogens is 4. The number of nitrogens with one attached hydrogen (secondary N) is 2. The fourth-order valence-electron chi connectivity index (χ4n) is 4.84. The Morgan fingerprint density at radius 3 is 2.66 bits per heavy atom. The Morgan fingerprint density at radius 2 is 2.03 bits per heavy atom. The molecular formula is C26H29N9O2S. The van der Waals surface area contributed by atoms with Gasteiger partial charge in [-0.05, 0) is 57.9 Å². The Labute approximate surface area is 224 Å². The lowest BCUT2D eigenvalue weighted by molar-refractivity contribution is 0.0123. The minimum absolute atomic E-state index is 0.0887. The third-order valence-electron chi connectivity index (χ3n) is 6.52. The summed E-state index contributed by atoms with van der Waals surface area (Å²) in [5, 5.41) is 26.6. The van der Waals surface area contributed by atoms with E-state index >= 15 is 0 Å². The molecule has 3 aromatic heterocycles. The lowest BCUT2D eigenvalue weighted by Crippen LogP contribution is -2.56. The van der Waals surface area contributed by atoms with Crippen molar-refractivity contribution in [1.29, 1.82) is 10.7 Å². The van der Waals surface area contributed by atoms with Gasteiger partial charge in [-0.3, -0.25) is 9.88 Å². The van der Waals surface area contributed by atoms with Gasteiger partial charge in [-0.15, -0.1) is 10.2 Å². The largest absolute Gasteiger partial charge is 0.444 e. The molecule has 196 valence electrons. The highest BCUT2D eigenvalue weighted by molar-refractivity contribution is 7.18. The van der Waals surface area contributed by atoms with E-state index in [0.717, 1.165) is 29.9 Å². The van der Waals surface area contributed by atoms with Crippen LogP contribution in [0.4, 0.5) is 15.6 Å². The number of rotatable bonds is 5. The molecule has 2 saturated heterocycles. The Bertz CT molecular complexity index is 1430. The molecule has 2 fully saturated rings. The molecule has 4 N–H and O–H groups in total. The number of H-pyrrole nitrogens is 1. The molecule has 11 nitrogen and oxygen atoms in total. The minimum atomic E-state index is -0.520. The van der Waals surface area contributed by atoms with Crippen molar-refractivity contribution in [2.45, 2.75) is 51.3 Å². The first-order valence-electron chi connectivity index (χ1n) is 12.3. The molecule has 5 rings (SSSR count). The Morgan fingerprint density at radius 1 is 1.29 bits per heavy atom.